The number of hydrogen-bond donors (Lipinski definition) is 2. The molecule has 8 nitrogen and oxygen atoms in total. The first-order chi connectivity index (χ1) is 20.6. The number of carbonyl (C=O) groups excluding carboxylic acids is 2. The molecule has 2 aromatic carbocycles. The second kappa shape index (κ2) is 13.8. The van der Waals surface area contributed by atoms with E-state index in [9.17, 15) is 35.9 Å². The third kappa shape index (κ3) is 9.16. The summed E-state index contributed by atoms with van der Waals surface area (Å²) >= 11 is 0. The van der Waals surface area contributed by atoms with Gasteiger partial charge in [-0.1, -0.05) is 19.1 Å². The van der Waals surface area contributed by atoms with Gasteiger partial charge in [0, 0.05) is 69.5 Å². The van der Waals surface area contributed by atoms with Crippen LogP contribution >= 0.6 is 0 Å². The van der Waals surface area contributed by atoms with Gasteiger partial charge in [-0.25, -0.2) is 0 Å². The number of halogens is 6. The Balaban J connectivity index is 1.49. The summed E-state index contributed by atoms with van der Waals surface area (Å²) in [4.78, 5) is 30.7. The number of nitrogens with one attached hydrogen (secondary N) is 1. The van der Waals surface area contributed by atoms with E-state index < -0.39 is 42.4 Å². The second-order valence-corrected chi connectivity index (χ2v) is 11.6. The number of fused-ring (bicyclic) bond motifs is 1. The van der Waals surface area contributed by atoms with Crippen LogP contribution in [0.5, 0.6) is 0 Å². The van der Waals surface area contributed by atoms with Crippen molar-refractivity contribution in [3.8, 4) is 0 Å². The smallest absolute Gasteiger partial charge is 0.370 e. The molecular weight excluding hydrogens is 592 g/mol. The molecule has 0 spiro atoms. The van der Waals surface area contributed by atoms with E-state index in [2.05, 4.69) is 10.2 Å². The van der Waals surface area contributed by atoms with Gasteiger partial charge >= 0.3 is 12.4 Å². The van der Waals surface area contributed by atoms with Crippen molar-refractivity contribution in [2.24, 2.45) is 5.73 Å². The number of hydrogen-bond acceptors (Lipinski definition) is 6. The molecule has 242 valence electrons. The molecule has 2 aliphatic heterocycles. The van der Waals surface area contributed by atoms with E-state index in [4.69, 9.17) is 10.5 Å². The lowest BCUT2D eigenvalue weighted by Crippen LogP contribution is -2.45. The summed E-state index contributed by atoms with van der Waals surface area (Å²) < 4.78 is 84.7. The number of benzene rings is 2. The van der Waals surface area contributed by atoms with E-state index in [1.165, 1.54) is 12.1 Å². The van der Waals surface area contributed by atoms with Gasteiger partial charge in [0.1, 0.15) is 6.61 Å². The number of piperazine rings is 1. The van der Waals surface area contributed by atoms with Crippen molar-refractivity contribution >= 4 is 17.5 Å². The fraction of sp³-hybridized carbons (Fsp3) is 0.533. The highest BCUT2D eigenvalue weighted by molar-refractivity contribution is 6.04. The number of alkyl halides is 6. The van der Waals surface area contributed by atoms with Crippen LogP contribution in [0, 0.1) is 0 Å². The minimum absolute atomic E-state index is 0.000466. The number of ether oxygens (including phenoxy) is 1. The second-order valence-electron chi connectivity index (χ2n) is 11.6. The fourth-order valence-corrected chi connectivity index (χ4v) is 5.72. The molecule has 0 bridgehead atoms. The maximum absolute atomic E-state index is 14.0. The van der Waals surface area contributed by atoms with Crippen LogP contribution in [0.4, 0.5) is 32.0 Å². The average Bonchev–Trinajstić information content (AvgIpc) is 2.92. The lowest BCUT2D eigenvalue weighted by molar-refractivity contribution is -0.177. The van der Waals surface area contributed by atoms with Crippen molar-refractivity contribution in [2.45, 2.75) is 50.7 Å². The predicted molar refractivity (Wildman–Crippen MR) is 152 cm³/mol. The molecule has 2 atom stereocenters. The number of primary amides is 1. The Hall–Kier alpha value is -3.20. The number of rotatable bonds is 10. The SMILES string of the molecule is C[C@H]1CN(C(COCC(F)(F)F)CC(N)=O)Cc2cc(C(=O)Nc3ccc(CN4CCN(C)CC4)c(C(F)(F)F)c3)ccc21. The van der Waals surface area contributed by atoms with Crippen LogP contribution in [-0.4, -0.2) is 91.7 Å². The first-order valence-electron chi connectivity index (χ1n) is 14.3. The van der Waals surface area contributed by atoms with Crippen LogP contribution in [-0.2, 0) is 28.8 Å². The first-order valence-corrected chi connectivity index (χ1v) is 14.3. The quantitative estimate of drug-likeness (QED) is 0.378. The van der Waals surface area contributed by atoms with E-state index in [1.807, 2.05) is 18.9 Å². The lowest BCUT2D eigenvalue weighted by Gasteiger charge is -2.38. The Morgan fingerprint density at radius 2 is 1.75 bits per heavy atom. The molecule has 2 heterocycles. The van der Waals surface area contributed by atoms with Crippen molar-refractivity contribution in [1.29, 1.82) is 0 Å². The largest absolute Gasteiger partial charge is 0.416 e. The van der Waals surface area contributed by atoms with Gasteiger partial charge < -0.3 is 20.7 Å². The zero-order valence-corrected chi connectivity index (χ0v) is 24.6. The summed E-state index contributed by atoms with van der Waals surface area (Å²) in [5.74, 6) is -1.39. The minimum atomic E-state index is -4.61. The lowest BCUT2D eigenvalue weighted by atomic mass is 9.88. The number of amides is 2. The Labute approximate surface area is 252 Å². The summed E-state index contributed by atoms with van der Waals surface area (Å²) in [5, 5.41) is 2.57. The van der Waals surface area contributed by atoms with Crippen LogP contribution in [0.2, 0.25) is 0 Å². The van der Waals surface area contributed by atoms with E-state index in [-0.39, 0.29) is 48.8 Å². The van der Waals surface area contributed by atoms with Gasteiger partial charge in [0.25, 0.3) is 5.91 Å². The normalized spacial score (nSPS) is 19.4. The third-order valence-electron chi connectivity index (χ3n) is 8.01. The van der Waals surface area contributed by atoms with Gasteiger partial charge in [0.15, 0.2) is 0 Å². The summed E-state index contributed by atoms with van der Waals surface area (Å²) in [6, 6.07) is 8.03. The van der Waals surface area contributed by atoms with Crippen LogP contribution < -0.4 is 11.1 Å². The number of nitrogens with two attached hydrogens (primary N) is 1. The van der Waals surface area contributed by atoms with E-state index >= 15 is 0 Å². The molecule has 2 aromatic rings. The third-order valence-corrected chi connectivity index (χ3v) is 8.01. The Morgan fingerprint density at radius 3 is 2.39 bits per heavy atom. The molecule has 1 fully saturated rings. The Bertz CT molecular complexity index is 1330. The highest BCUT2D eigenvalue weighted by Crippen LogP contribution is 2.35. The number of likely N-dealkylation sites (N-methyl/N-ethyl adjacent to an activating group) is 1. The molecule has 0 aliphatic carbocycles. The van der Waals surface area contributed by atoms with Gasteiger partial charge in [0.05, 0.1) is 12.2 Å². The molecule has 14 heteroatoms. The van der Waals surface area contributed by atoms with Gasteiger partial charge in [-0.15, -0.1) is 0 Å². The van der Waals surface area contributed by atoms with E-state index in [1.54, 1.807) is 23.1 Å². The zero-order valence-electron chi connectivity index (χ0n) is 24.6. The molecule has 1 saturated heterocycles. The molecular formula is C30H37F6N5O3. The standard InChI is InChI=1S/C30H37F6N5O3/c1-19-14-41(24(13-27(37)42)17-44-18-29(31,32)33)16-22-11-20(4-6-25(19)22)28(43)38-23-5-3-21(26(12-23)30(34,35)36)15-40-9-7-39(2)8-10-40/h3-6,11-12,19,24H,7-10,13-18H2,1-2H3,(H2,37,42)(H,38,43)/t19-,24?/m0/s1. The molecule has 44 heavy (non-hydrogen) atoms. The summed E-state index contributed by atoms with van der Waals surface area (Å²) in [7, 11) is 1.97. The molecule has 2 amide bonds. The van der Waals surface area contributed by atoms with Crippen LogP contribution in [0.1, 0.15) is 51.9 Å². The molecule has 0 radical (unpaired) electrons. The first kappa shape index (κ1) is 33.7. The van der Waals surface area contributed by atoms with E-state index in [0.29, 0.717) is 25.2 Å². The maximum Gasteiger partial charge on any atom is 0.416 e. The minimum Gasteiger partial charge on any atom is -0.370 e. The summed E-state index contributed by atoms with van der Waals surface area (Å²) in [6.07, 6.45) is -9.35. The van der Waals surface area contributed by atoms with Crippen LogP contribution in [0.3, 0.4) is 0 Å². The van der Waals surface area contributed by atoms with E-state index in [0.717, 1.165) is 24.7 Å². The predicted octanol–water partition coefficient (Wildman–Crippen LogP) is 4.45. The van der Waals surface area contributed by atoms with Gasteiger partial charge in [-0.3, -0.25) is 19.4 Å². The maximum atomic E-state index is 14.0. The van der Waals surface area contributed by atoms with Gasteiger partial charge in [-0.2, -0.15) is 26.3 Å². The topological polar surface area (TPSA) is 91.1 Å². The number of carbonyl (C=O) groups is 2. The van der Waals surface area contributed by atoms with Crippen LogP contribution in [0.25, 0.3) is 0 Å². The molecule has 3 N–H and O–H groups in total. The van der Waals surface area contributed by atoms with Crippen molar-refractivity contribution in [1.82, 2.24) is 14.7 Å². The van der Waals surface area contributed by atoms with Crippen molar-refractivity contribution in [2.75, 3.05) is 58.3 Å². The highest BCUT2D eigenvalue weighted by atomic mass is 19.4. The Morgan fingerprint density at radius 1 is 1.05 bits per heavy atom. The molecule has 4 rings (SSSR count). The average molecular weight is 630 g/mol. The summed E-state index contributed by atoms with van der Waals surface area (Å²) in [5.41, 5.74) is 6.50. The van der Waals surface area contributed by atoms with Gasteiger partial charge in [0.2, 0.25) is 5.91 Å². The zero-order chi connectivity index (χ0) is 32.2. The molecule has 1 unspecified atom stereocenters. The number of nitrogens with zero attached hydrogens (tertiary/aromatic N) is 3. The van der Waals surface area contributed by atoms with Crippen molar-refractivity contribution in [3.63, 3.8) is 0 Å². The monoisotopic (exact) mass is 629 g/mol. The Kier molecular flexibility index (Phi) is 10.6. The van der Waals surface area contributed by atoms with Crippen molar-refractivity contribution < 1.29 is 40.7 Å². The fourth-order valence-electron chi connectivity index (χ4n) is 5.72. The molecule has 0 aromatic heterocycles. The van der Waals surface area contributed by atoms with Crippen LogP contribution in [0.15, 0.2) is 36.4 Å². The van der Waals surface area contributed by atoms with Gasteiger partial charge in [-0.05, 0) is 53.9 Å². The molecule has 2 aliphatic rings. The highest BCUT2D eigenvalue weighted by Gasteiger charge is 2.35. The number of anilines is 1. The summed E-state index contributed by atoms with van der Waals surface area (Å²) in [6.45, 7) is 3.72. The van der Waals surface area contributed by atoms with Crippen molar-refractivity contribution in [3.05, 3.63) is 64.2 Å². The molecule has 0 saturated carbocycles.